The first kappa shape index (κ1) is 25.7. The first-order valence-corrected chi connectivity index (χ1v) is 11.7. The third-order valence-electron chi connectivity index (χ3n) is 4.85. The minimum absolute atomic E-state index is 0.0644. The number of rotatable bonds is 10. The second-order valence-corrected chi connectivity index (χ2v) is 8.40. The van der Waals surface area contributed by atoms with Crippen LogP contribution in [-0.2, 0) is 17.8 Å². The molecule has 0 atom stereocenters. The van der Waals surface area contributed by atoms with Crippen molar-refractivity contribution in [3.8, 4) is 17.6 Å². The van der Waals surface area contributed by atoms with E-state index in [1.54, 1.807) is 42.5 Å². The maximum atomic E-state index is 13.6. The molecule has 0 saturated carbocycles. The number of hydrogen-bond acceptors (Lipinski definition) is 4. The third kappa shape index (κ3) is 7.29. The van der Waals surface area contributed by atoms with Gasteiger partial charge in [0.1, 0.15) is 24.1 Å². The van der Waals surface area contributed by atoms with Crippen LogP contribution in [0.5, 0.6) is 11.5 Å². The van der Waals surface area contributed by atoms with Crippen LogP contribution in [0, 0.1) is 17.1 Å². The Morgan fingerprint density at radius 1 is 1.17 bits per heavy atom. The lowest BCUT2D eigenvalue weighted by Crippen LogP contribution is -2.13. The molecular formula is C28H24BrFN2O3. The van der Waals surface area contributed by atoms with Gasteiger partial charge in [-0.15, -0.1) is 6.58 Å². The van der Waals surface area contributed by atoms with E-state index < -0.39 is 5.91 Å². The zero-order chi connectivity index (χ0) is 25.2. The highest BCUT2D eigenvalue weighted by molar-refractivity contribution is 9.10. The number of benzene rings is 3. The fourth-order valence-electron chi connectivity index (χ4n) is 3.36. The molecule has 5 nitrogen and oxygen atoms in total. The highest BCUT2D eigenvalue weighted by Crippen LogP contribution is 2.35. The van der Waals surface area contributed by atoms with Crippen molar-refractivity contribution in [3.05, 3.63) is 106 Å². The van der Waals surface area contributed by atoms with E-state index in [1.807, 2.05) is 25.1 Å². The zero-order valence-corrected chi connectivity index (χ0v) is 20.8. The maximum absolute atomic E-state index is 13.6. The molecule has 178 valence electrons. The van der Waals surface area contributed by atoms with Crippen LogP contribution in [0.3, 0.4) is 0 Å². The molecule has 0 spiro atoms. The predicted octanol–water partition coefficient (Wildman–Crippen LogP) is 6.84. The average Bonchev–Trinajstić information content (AvgIpc) is 2.82. The van der Waals surface area contributed by atoms with Gasteiger partial charge in [-0.1, -0.05) is 40.2 Å². The second-order valence-electron chi connectivity index (χ2n) is 7.49. The molecular weight excluding hydrogens is 511 g/mol. The highest BCUT2D eigenvalue weighted by atomic mass is 79.9. The molecule has 0 radical (unpaired) electrons. The monoisotopic (exact) mass is 534 g/mol. The van der Waals surface area contributed by atoms with Crippen LogP contribution in [0.25, 0.3) is 6.08 Å². The van der Waals surface area contributed by atoms with Crippen LogP contribution < -0.4 is 14.8 Å². The van der Waals surface area contributed by atoms with E-state index in [2.05, 4.69) is 27.8 Å². The van der Waals surface area contributed by atoms with Gasteiger partial charge in [-0.05, 0) is 73.0 Å². The first-order valence-electron chi connectivity index (χ1n) is 10.9. The summed E-state index contributed by atoms with van der Waals surface area (Å²) in [5.74, 6) is 0.0952. The summed E-state index contributed by atoms with van der Waals surface area (Å²) >= 11 is 3.36. The Morgan fingerprint density at radius 2 is 1.97 bits per heavy atom. The third-order valence-corrected chi connectivity index (χ3v) is 5.34. The predicted molar refractivity (Wildman–Crippen MR) is 139 cm³/mol. The molecule has 0 unspecified atom stereocenters. The van der Waals surface area contributed by atoms with Gasteiger partial charge in [0.15, 0.2) is 11.5 Å². The van der Waals surface area contributed by atoms with Crippen LogP contribution >= 0.6 is 15.9 Å². The smallest absolute Gasteiger partial charge is 0.266 e. The molecule has 35 heavy (non-hydrogen) atoms. The van der Waals surface area contributed by atoms with Gasteiger partial charge < -0.3 is 14.8 Å². The van der Waals surface area contributed by atoms with Gasteiger partial charge in [-0.2, -0.15) is 5.26 Å². The van der Waals surface area contributed by atoms with Gasteiger partial charge in [0.25, 0.3) is 5.91 Å². The number of hydrogen-bond donors (Lipinski definition) is 1. The molecule has 0 fully saturated rings. The number of carbonyl (C=O) groups excluding carboxylic acids is 1. The number of allylic oxidation sites excluding steroid dienone is 1. The Balaban J connectivity index is 1.93. The number of carbonyl (C=O) groups is 1. The van der Waals surface area contributed by atoms with Crippen LogP contribution in [0.15, 0.2) is 83.4 Å². The van der Waals surface area contributed by atoms with E-state index >= 15 is 0 Å². The first-order chi connectivity index (χ1) is 16.9. The van der Waals surface area contributed by atoms with Crippen molar-refractivity contribution in [3.63, 3.8) is 0 Å². The number of nitriles is 1. The lowest BCUT2D eigenvalue weighted by molar-refractivity contribution is -0.112. The minimum atomic E-state index is -0.528. The zero-order valence-electron chi connectivity index (χ0n) is 19.2. The van der Waals surface area contributed by atoms with Gasteiger partial charge in [-0.3, -0.25) is 4.79 Å². The Labute approximate surface area is 212 Å². The molecule has 1 amide bonds. The van der Waals surface area contributed by atoms with Crippen LogP contribution in [0.1, 0.15) is 23.6 Å². The van der Waals surface area contributed by atoms with Crippen LogP contribution in [0.4, 0.5) is 10.1 Å². The molecule has 0 aromatic heterocycles. The molecule has 3 aromatic carbocycles. The Morgan fingerprint density at radius 3 is 2.66 bits per heavy atom. The quantitative estimate of drug-likeness (QED) is 0.175. The molecule has 0 aliphatic rings. The SMILES string of the molecule is C=CCc1cc(/C=C(/C#N)C(=O)Nc2cccc(Br)c2)cc(OCC)c1OCc1cccc(F)c1. The van der Waals surface area contributed by atoms with Crippen molar-refractivity contribution in [1.82, 2.24) is 0 Å². The Hall–Kier alpha value is -3.89. The molecule has 0 saturated heterocycles. The van der Waals surface area contributed by atoms with E-state index in [0.717, 1.165) is 10.0 Å². The maximum Gasteiger partial charge on any atom is 0.266 e. The van der Waals surface area contributed by atoms with Crippen molar-refractivity contribution >= 4 is 33.6 Å². The van der Waals surface area contributed by atoms with Crippen molar-refractivity contribution in [2.24, 2.45) is 0 Å². The molecule has 0 heterocycles. The van der Waals surface area contributed by atoms with Crippen molar-refractivity contribution in [2.45, 2.75) is 20.0 Å². The summed E-state index contributed by atoms with van der Waals surface area (Å²) in [4.78, 5) is 12.7. The summed E-state index contributed by atoms with van der Waals surface area (Å²) in [5, 5.41) is 12.4. The minimum Gasteiger partial charge on any atom is -0.490 e. The number of amides is 1. The number of halogens is 2. The molecule has 7 heteroatoms. The highest BCUT2D eigenvalue weighted by Gasteiger charge is 2.16. The second kappa shape index (κ2) is 12.5. The van der Waals surface area contributed by atoms with Crippen molar-refractivity contribution in [2.75, 3.05) is 11.9 Å². The molecule has 1 N–H and O–H groups in total. The van der Waals surface area contributed by atoms with Gasteiger partial charge >= 0.3 is 0 Å². The Bertz CT molecular complexity index is 1300. The van der Waals surface area contributed by atoms with E-state index in [1.165, 1.54) is 18.2 Å². The molecule has 3 rings (SSSR count). The number of nitrogens with zero attached hydrogens (tertiary/aromatic N) is 1. The van der Waals surface area contributed by atoms with Gasteiger partial charge in [0.05, 0.1) is 6.61 Å². The summed E-state index contributed by atoms with van der Waals surface area (Å²) in [6.45, 7) is 6.18. The summed E-state index contributed by atoms with van der Waals surface area (Å²) in [6, 6.07) is 18.8. The fourth-order valence-corrected chi connectivity index (χ4v) is 3.76. The van der Waals surface area contributed by atoms with Gasteiger partial charge in [0.2, 0.25) is 0 Å². The molecule has 0 bridgehead atoms. The van der Waals surface area contributed by atoms with E-state index in [9.17, 15) is 14.4 Å². The normalized spacial score (nSPS) is 10.9. The summed E-state index contributed by atoms with van der Waals surface area (Å²) < 4.78 is 26.2. The van der Waals surface area contributed by atoms with Crippen LogP contribution in [-0.4, -0.2) is 12.5 Å². The number of nitrogens with one attached hydrogen (secondary N) is 1. The fraction of sp³-hybridized carbons (Fsp3) is 0.143. The standard InChI is InChI=1S/C28H24BrFN2O3/c1-3-7-21-12-20(13-22(17-31)28(33)32-25-11-6-9-23(29)16-25)15-26(34-4-2)27(21)35-18-19-8-5-10-24(30)14-19/h3,5-6,8-16H,1,4,7,18H2,2H3,(H,32,33)/b22-13-. The lowest BCUT2D eigenvalue weighted by atomic mass is 10.0. The lowest BCUT2D eigenvalue weighted by Gasteiger charge is -2.17. The van der Waals surface area contributed by atoms with E-state index in [-0.39, 0.29) is 18.0 Å². The van der Waals surface area contributed by atoms with E-state index in [4.69, 9.17) is 9.47 Å². The average molecular weight is 535 g/mol. The van der Waals surface area contributed by atoms with Crippen molar-refractivity contribution in [1.29, 1.82) is 5.26 Å². The topological polar surface area (TPSA) is 71.4 Å². The van der Waals surface area contributed by atoms with E-state index in [0.29, 0.717) is 41.3 Å². The van der Waals surface area contributed by atoms with Gasteiger partial charge in [0, 0.05) is 15.7 Å². The van der Waals surface area contributed by atoms with Crippen LogP contribution in [0.2, 0.25) is 0 Å². The summed E-state index contributed by atoms with van der Waals surface area (Å²) in [7, 11) is 0. The number of ether oxygens (including phenoxy) is 2. The molecule has 0 aliphatic heterocycles. The molecule has 3 aromatic rings. The molecule has 0 aliphatic carbocycles. The van der Waals surface area contributed by atoms with Gasteiger partial charge in [-0.25, -0.2) is 4.39 Å². The number of anilines is 1. The largest absolute Gasteiger partial charge is 0.490 e. The summed E-state index contributed by atoms with van der Waals surface area (Å²) in [5.41, 5.74) is 2.54. The summed E-state index contributed by atoms with van der Waals surface area (Å²) in [6.07, 6.45) is 3.68. The van der Waals surface area contributed by atoms with Crippen molar-refractivity contribution < 1.29 is 18.7 Å². The Kier molecular flexibility index (Phi) is 9.22.